The lowest BCUT2D eigenvalue weighted by molar-refractivity contribution is -0.124. The van der Waals surface area contributed by atoms with Gasteiger partial charge in [0.05, 0.1) is 6.61 Å². The normalized spacial score (nSPS) is 23.2. The van der Waals surface area contributed by atoms with E-state index in [1.807, 2.05) is 0 Å². The van der Waals surface area contributed by atoms with Crippen molar-refractivity contribution in [2.75, 3.05) is 20.3 Å². The molecule has 1 atom stereocenters. The molecule has 0 aromatic carbocycles. The molecule has 2 rings (SSSR count). The molecule has 3 N–H and O–H groups in total. The number of halogens is 1. The van der Waals surface area contributed by atoms with E-state index in [0.29, 0.717) is 12.0 Å². The Kier molecular flexibility index (Phi) is 5.22. The topological polar surface area (TPSA) is 64.3 Å². The lowest BCUT2D eigenvalue weighted by Gasteiger charge is -2.42. The van der Waals surface area contributed by atoms with Gasteiger partial charge in [0.2, 0.25) is 5.91 Å². The number of ether oxygens (including phenoxy) is 1. The van der Waals surface area contributed by atoms with Crippen LogP contribution in [0.1, 0.15) is 32.1 Å². The maximum atomic E-state index is 11.6. The summed E-state index contributed by atoms with van der Waals surface area (Å²) in [6, 6.07) is -0.527. The lowest BCUT2D eigenvalue weighted by atomic mass is 9.65. The lowest BCUT2D eigenvalue weighted by Crippen LogP contribution is -2.49. The van der Waals surface area contributed by atoms with Gasteiger partial charge in [0.1, 0.15) is 6.04 Å². The van der Waals surface area contributed by atoms with Gasteiger partial charge in [-0.3, -0.25) is 4.79 Å². The van der Waals surface area contributed by atoms with E-state index in [2.05, 4.69) is 5.32 Å². The van der Waals surface area contributed by atoms with E-state index >= 15 is 0 Å². The number of methoxy groups -OCH3 is 1. The Labute approximate surface area is 109 Å². The van der Waals surface area contributed by atoms with Crippen molar-refractivity contribution in [1.29, 1.82) is 0 Å². The fourth-order valence-corrected chi connectivity index (χ4v) is 2.71. The van der Waals surface area contributed by atoms with Gasteiger partial charge in [-0.05, 0) is 37.0 Å². The molecule has 4 nitrogen and oxygen atoms in total. The fraction of sp³-hybridized carbons (Fsp3) is 0.917. The average molecular weight is 263 g/mol. The van der Waals surface area contributed by atoms with Gasteiger partial charge in [0.25, 0.3) is 0 Å². The number of hydrogen-bond acceptors (Lipinski definition) is 3. The van der Waals surface area contributed by atoms with Crippen LogP contribution in [-0.2, 0) is 9.53 Å². The summed E-state index contributed by atoms with van der Waals surface area (Å²) in [5, 5.41) is 2.99. The van der Waals surface area contributed by atoms with Crippen LogP contribution >= 0.6 is 12.4 Å². The second kappa shape index (κ2) is 6.03. The SMILES string of the molecule is COCC(N)C(=O)NCC1(C2CC2)CCC1.Cl. The number of nitrogens with one attached hydrogen (secondary N) is 1. The first-order valence-corrected chi connectivity index (χ1v) is 6.20. The predicted molar refractivity (Wildman–Crippen MR) is 69.1 cm³/mol. The highest BCUT2D eigenvalue weighted by Gasteiger charge is 2.48. The molecular weight excluding hydrogens is 240 g/mol. The summed E-state index contributed by atoms with van der Waals surface area (Å²) in [4.78, 5) is 11.6. The minimum atomic E-state index is -0.527. The molecule has 1 unspecified atom stereocenters. The Balaban J connectivity index is 0.00000144. The number of amides is 1. The van der Waals surface area contributed by atoms with Crippen molar-refractivity contribution in [2.24, 2.45) is 17.1 Å². The molecule has 0 aromatic rings. The molecule has 5 heteroatoms. The van der Waals surface area contributed by atoms with Gasteiger partial charge in [-0.15, -0.1) is 12.4 Å². The molecule has 0 aromatic heterocycles. The van der Waals surface area contributed by atoms with Crippen molar-refractivity contribution >= 4 is 18.3 Å². The van der Waals surface area contributed by atoms with E-state index in [1.54, 1.807) is 7.11 Å². The Morgan fingerprint density at radius 3 is 2.59 bits per heavy atom. The molecule has 0 heterocycles. The van der Waals surface area contributed by atoms with Crippen LogP contribution in [0.25, 0.3) is 0 Å². The quantitative estimate of drug-likeness (QED) is 0.753. The van der Waals surface area contributed by atoms with Crippen LogP contribution < -0.4 is 11.1 Å². The Morgan fingerprint density at radius 2 is 2.18 bits per heavy atom. The number of nitrogens with two attached hydrogens (primary N) is 1. The largest absolute Gasteiger partial charge is 0.383 e. The summed E-state index contributed by atoms with van der Waals surface area (Å²) in [5.41, 5.74) is 6.09. The van der Waals surface area contributed by atoms with Gasteiger partial charge in [-0.2, -0.15) is 0 Å². The third-order valence-corrected chi connectivity index (χ3v) is 4.09. The third-order valence-electron chi connectivity index (χ3n) is 4.09. The molecule has 17 heavy (non-hydrogen) atoms. The monoisotopic (exact) mass is 262 g/mol. The number of carbonyl (C=O) groups excluding carboxylic acids is 1. The summed E-state index contributed by atoms with van der Waals surface area (Å²) >= 11 is 0. The third kappa shape index (κ3) is 3.33. The molecule has 0 bridgehead atoms. The zero-order valence-electron chi connectivity index (χ0n) is 10.4. The molecular formula is C12H23ClN2O2. The van der Waals surface area contributed by atoms with Crippen LogP contribution in [0.4, 0.5) is 0 Å². The van der Waals surface area contributed by atoms with Gasteiger partial charge in [-0.25, -0.2) is 0 Å². The molecule has 100 valence electrons. The second-order valence-corrected chi connectivity index (χ2v) is 5.27. The zero-order chi connectivity index (χ0) is 11.6. The molecule has 0 radical (unpaired) electrons. The van der Waals surface area contributed by atoms with E-state index in [4.69, 9.17) is 10.5 Å². The van der Waals surface area contributed by atoms with Crippen LogP contribution in [0.5, 0.6) is 0 Å². The maximum absolute atomic E-state index is 11.6. The van der Waals surface area contributed by atoms with E-state index in [-0.39, 0.29) is 18.3 Å². The second-order valence-electron chi connectivity index (χ2n) is 5.27. The van der Waals surface area contributed by atoms with Crippen molar-refractivity contribution < 1.29 is 9.53 Å². The number of carbonyl (C=O) groups is 1. The first-order valence-electron chi connectivity index (χ1n) is 6.20. The fourth-order valence-electron chi connectivity index (χ4n) is 2.71. The van der Waals surface area contributed by atoms with E-state index in [9.17, 15) is 4.79 Å². The minimum Gasteiger partial charge on any atom is -0.383 e. The van der Waals surface area contributed by atoms with Crippen molar-refractivity contribution in [2.45, 2.75) is 38.1 Å². The molecule has 2 aliphatic rings. The molecule has 2 aliphatic carbocycles. The molecule has 2 fully saturated rings. The molecule has 0 saturated heterocycles. The van der Waals surface area contributed by atoms with Crippen molar-refractivity contribution in [3.05, 3.63) is 0 Å². The molecule has 2 saturated carbocycles. The Morgan fingerprint density at radius 1 is 1.53 bits per heavy atom. The predicted octanol–water partition coefficient (Wildman–Crippen LogP) is 1.08. The van der Waals surface area contributed by atoms with Gasteiger partial charge in [-0.1, -0.05) is 6.42 Å². The van der Waals surface area contributed by atoms with Crippen molar-refractivity contribution in [3.8, 4) is 0 Å². The van der Waals surface area contributed by atoms with E-state index in [0.717, 1.165) is 12.5 Å². The summed E-state index contributed by atoms with van der Waals surface area (Å²) < 4.78 is 4.87. The Bertz CT molecular complexity index is 265. The van der Waals surface area contributed by atoms with Gasteiger partial charge >= 0.3 is 0 Å². The molecule has 0 aliphatic heterocycles. The summed E-state index contributed by atoms with van der Waals surface area (Å²) in [6.45, 7) is 1.11. The van der Waals surface area contributed by atoms with Crippen LogP contribution in [0, 0.1) is 11.3 Å². The number of hydrogen-bond donors (Lipinski definition) is 2. The highest BCUT2D eigenvalue weighted by Crippen LogP contribution is 2.56. The van der Waals surface area contributed by atoms with Gasteiger partial charge < -0.3 is 15.8 Å². The van der Waals surface area contributed by atoms with Gasteiger partial charge in [0, 0.05) is 13.7 Å². The summed E-state index contributed by atoms with van der Waals surface area (Å²) in [5.74, 6) is 0.786. The van der Waals surface area contributed by atoms with Gasteiger partial charge in [0.15, 0.2) is 0 Å². The van der Waals surface area contributed by atoms with Crippen LogP contribution in [0.3, 0.4) is 0 Å². The smallest absolute Gasteiger partial charge is 0.239 e. The summed E-state index contributed by atoms with van der Waals surface area (Å²) in [7, 11) is 1.56. The van der Waals surface area contributed by atoms with Crippen LogP contribution in [0.15, 0.2) is 0 Å². The highest BCUT2D eigenvalue weighted by atomic mass is 35.5. The van der Waals surface area contributed by atoms with Crippen LogP contribution in [-0.4, -0.2) is 32.2 Å². The highest BCUT2D eigenvalue weighted by molar-refractivity contribution is 5.85. The first kappa shape index (κ1) is 14.7. The summed E-state index contributed by atoms with van der Waals surface area (Å²) in [6.07, 6.45) is 6.56. The Hall–Kier alpha value is -0.320. The maximum Gasteiger partial charge on any atom is 0.239 e. The van der Waals surface area contributed by atoms with Crippen molar-refractivity contribution in [3.63, 3.8) is 0 Å². The minimum absolute atomic E-state index is 0. The standard InChI is InChI=1S/C12H22N2O2.ClH/c1-16-7-10(13)11(15)14-8-12(5-2-6-12)9-3-4-9;/h9-10H,2-8,13H2,1H3,(H,14,15);1H. The average Bonchev–Trinajstić information content (AvgIpc) is 3.00. The first-order chi connectivity index (χ1) is 7.68. The van der Waals surface area contributed by atoms with Crippen molar-refractivity contribution in [1.82, 2.24) is 5.32 Å². The molecule has 0 spiro atoms. The van der Waals surface area contributed by atoms with E-state index < -0.39 is 6.04 Å². The van der Waals surface area contributed by atoms with Crippen LogP contribution in [0.2, 0.25) is 0 Å². The zero-order valence-corrected chi connectivity index (χ0v) is 11.2. The van der Waals surface area contributed by atoms with E-state index in [1.165, 1.54) is 32.1 Å². The molecule has 1 amide bonds. The number of rotatable bonds is 6.